The number of halogens is 6. The van der Waals surface area contributed by atoms with Crippen molar-refractivity contribution in [2.75, 3.05) is 20.6 Å². The molecule has 1 aromatic carbocycles. The Bertz CT molecular complexity index is 1120. The number of primary amides is 1. The maximum atomic E-state index is 14.4. The molecule has 1 heterocycles. The number of nitrogens with one attached hydrogen (secondary N) is 1. The van der Waals surface area contributed by atoms with Gasteiger partial charge < -0.3 is 16.0 Å². The van der Waals surface area contributed by atoms with Gasteiger partial charge in [-0.15, -0.1) is 0 Å². The summed E-state index contributed by atoms with van der Waals surface area (Å²) in [6, 6.07) is 2.32. The fourth-order valence-corrected chi connectivity index (χ4v) is 4.46. The molecule has 0 radical (unpaired) electrons. The zero-order chi connectivity index (χ0) is 26.8. The van der Waals surface area contributed by atoms with Gasteiger partial charge in [0.05, 0.1) is 21.0 Å². The van der Waals surface area contributed by atoms with E-state index in [1.807, 2.05) is 0 Å². The van der Waals surface area contributed by atoms with Gasteiger partial charge in [-0.3, -0.25) is 9.59 Å². The predicted molar refractivity (Wildman–Crippen MR) is 126 cm³/mol. The van der Waals surface area contributed by atoms with E-state index in [-0.39, 0.29) is 53.3 Å². The summed E-state index contributed by atoms with van der Waals surface area (Å²) in [5, 5.41) is 2.58. The molecule has 0 saturated heterocycles. The first kappa shape index (κ1) is 28.1. The van der Waals surface area contributed by atoms with Crippen LogP contribution in [0.2, 0.25) is 10.0 Å². The van der Waals surface area contributed by atoms with Crippen LogP contribution in [0.4, 0.5) is 17.6 Å². The summed E-state index contributed by atoms with van der Waals surface area (Å²) >= 11 is 11.9. The molecule has 0 aliphatic heterocycles. The Balaban J connectivity index is 1.73. The van der Waals surface area contributed by atoms with Gasteiger partial charge in [0.2, 0.25) is 5.91 Å². The number of alkyl halides is 3. The standard InChI is InChI=1S/C23H25Cl2F4N5O2/c1-34(2)14(7-12-3-4-15(20(30)36)19(26)18(12)25)11-31-17(35)8-16(21-32-9-13(24)10-33-21)22(5-6-22)23(27,28)29/h3-4,9-10,14,16H,5-8,11H2,1-2H3,(H2,30,36)(H,31,35)/t14-,16?/m0/s1. The molecule has 0 bridgehead atoms. The number of nitrogens with two attached hydrogens (primary N) is 1. The van der Waals surface area contributed by atoms with Crippen LogP contribution in [0.5, 0.6) is 0 Å². The number of carbonyl (C=O) groups is 2. The van der Waals surface area contributed by atoms with E-state index in [1.165, 1.54) is 24.5 Å². The maximum Gasteiger partial charge on any atom is 0.395 e. The van der Waals surface area contributed by atoms with Crippen molar-refractivity contribution in [2.24, 2.45) is 11.1 Å². The number of hydrogen-bond acceptors (Lipinski definition) is 5. The van der Waals surface area contributed by atoms with Crippen LogP contribution in [-0.2, 0) is 11.2 Å². The zero-order valence-corrected chi connectivity index (χ0v) is 21.0. The molecule has 1 fully saturated rings. The third-order valence-electron chi connectivity index (χ3n) is 6.51. The van der Waals surface area contributed by atoms with Crippen molar-refractivity contribution in [1.29, 1.82) is 0 Å². The Labute approximate surface area is 215 Å². The Morgan fingerprint density at radius 3 is 2.31 bits per heavy atom. The average Bonchev–Trinajstić information content (AvgIpc) is 3.60. The first-order valence-corrected chi connectivity index (χ1v) is 11.8. The van der Waals surface area contributed by atoms with E-state index in [2.05, 4.69) is 15.3 Å². The number of amides is 2. The number of carbonyl (C=O) groups excluding carboxylic acids is 2. The molecule has 2 amide bonds. The maximum absolute atomic E-state index is 14.4. The lowest BCUT2D eigenvalue weighted by Crippen LogP contribution is -2.43. The minimum atomic E-state index is -4.52. The van der Waals surface area contributed by atoms with Crippen LogP contribution in [-0.4, -0.2) is 59.5 Å². The SMILES string of the molecule is CN(C)[C@H](CNC(=O)CC(c1ncc(Cl)cn1)C1(C(F)(F)F)CC1)Cc1ccc(C(N)=O)c(F)c1Cl. The summed E-state index contributed by atoms with van der Waals surface area (Å²) in [7, 11) is 3.46. The number of rotatable bonds is 10. The number of benzene rings is 1. The molecule has 3 rings (SSSR count). The first-order valence-electron chi connectivity index (χ1n) is 11.0. The highest BCUT2D eigenvalue weighted by molar-refractivity contribution is 6.32. The van der Waals surface area contributed by atoms with Crippen molar-refractivity contribution < 1.29 is 27.2 Å². The summed E-state index contributed by atoms with van der Waals surface area (Å²) in [6.07, 6.45) is -2.63. The zero-order valence-electron chi connectivity index (χ0n) is 19.5. The smallest absolute Gasteiger partial charge is 0.366 e. The van der Waals surface area contributed by atoms with Crippen LogP contribution >= 0.6 is 23.2 Å². The van der Waals surface area contributed by atoms with Crippen LogP contribution in [0.1, 0.15) is 46.9 Å². The average molecular weight is 550 g/mol. The fourth-order valence-electron chi connectivity index (χ4n) is 4.12. The molecule has 1 unspecified atom stereocenters. The monoisotopic (exact) mass is 549 g/mol. The van der Waals surface area contributed by atoms with E-state index in [1.54, 1.807) is 19.0 Å². The van der Waals surface area contributed by atoms with Crippen molar-refractivity contribution in [3.8, 4) is 0 Å². The van der Waals surface area contributed by atoms with E-state index < -0.39 is 41.6 Å². The lowest BCUT2D eigenvalue weighted by atomic mass is 9.84. The second kappa shape index (κ2) is 10.9. The van der Waals surface area contributed by atoms with Crippen molar-refractivity contribution >= 4 is 35.0 Å². The summed E-state index contributed by atoms with van der Waals surface area (Å²) in [5.41, 5.74) is 3.12. The number of likely N-dealkylation sites (N-methyl/N-ethyl adjacent to an activating group) is 1. The van der Waals surface area contributed by atoms with Gasteiger partial charge >= 0.3 is 6.18 Å². The minimum Gasteiger partial charge on any atom is -0.366 e. The van der Waals surface area contributed by atoms with E-state index in [0.717, 1.165) is 0 Å². The predicted octanol–water partition coefficient (Wildman–Crippen LogP) is 4.13. The molecule has 1 saturated carbocycles. The molecule has 3 N–H and O–H groups in total. The molecule has 13 heteroatoms. The Hall–Kier alpha value is -2.50. The van der Waals surface area contributed by atoms with Gasteiger partial charge in [-0.1, -0.05) is 29.3 Å². The second-order valence-corrected chi connectivity index (χ2v) is 9.87. The summed E-state index contributed by atoms with van der Waals surface area (Å²) in [4.78, 5) is 33.8. The van der Waals surface area contributed by atoms with Crippen LogP contribution in [0.3, 0.4) is 0 Å². The normalized spacial score (nSPS) is 16.5. The van der Waals surface area contributed by atoms with E-state index >= 15 is 0 Å². The van der Waals surface area contributed by atoms with Crippen LogP contribution in [0.25, 0.3) is 0 Å². The topological polar surface area (TPSA) is 101 Å². The van der Waals surface area contributed by atoms with Crippen molar-refractivity contribution in [3.05, 3.63) is 57.3 Å². The molecule has 7 nitrogen and oxygen atoms in total. The molecule has 1 aromatic heterocycles. The van der Waals surface area contributed by atoms with Crippen molar-refractivity contribution in [2.45, 2.75) is 43.8 Å². The quantitative estimate of drug-likeness (QED) is 0.434. The highest BCUT2D eigenvalue weighted by Crippen LogP contribution is 2.65. The second-order valence-electron chi connectivity index (χ2n) is 9.06. The number of nitrogens with zero attached hydrogens (tertiary/aromatic N) is 3. The van der Waals surface area contributed by atoms with Crippen molar-refractivity contribution in [3.63, 3.8) is 0 Å². The van der Waals surface area contributed by atoms with E-state index in [0.29, 0.717) is 5.56 Å². The molecule has 0 spiro atoms. The van der Waals surface area contributed by atoms with E-state index in [4.69, 9.17) is 28.9 Å². The lowest BCUT2D eigenvalue weighted by molar-refractivity contribution is -0.195. The fraction of sp³-hybridized carbons (Fsp3) is 0.478. The Morgan fingerprint density at radius 2 is 1.81 bits per heavy atom. The third-order valence-corrected chi connectivity index (χ3v) is 7.11. The van der Waals surface area contributed by atoms with Crippen LogP contribution in [0.15, 0.2) is 24.5 Å². The largest absolute Gasteiger partial charge is 0.395 e. The van der Waals surface area contributed by atoms with Crippen LogP contribution < -0.4 is 11.1 Å². The first-order chi connectivity index (χ1) is 16.8. The molecular formula is C23H25Cl2F4N5O2. The van der Waals surface area contributed by atoms with E-state index in [9.17, 15) is 27.2 Å². The number of aromatic nitrogens is 2. The molecule has 196 valence electrons. The van der Waals surface area contributed by atoms with Gasteiger partial charge in [-0.2, -0.15) is 13.2 Å². The van der Waals surface area contributed by atoms with Gasteiger partial charge in [-0.05, 0) is 45.0 Å². The lowest BCUT2D eigenvalue weighted by Gasteiger charge is -2.29. The van der Waals surface area contributed by atoms with Crippen LogP contribution in [0, 0.1) is 11.2 Å². The molecule has 1 aliphatic rings. The molecule has 1 aliphatic carbocycles. The highest BCUT2D eigenvalue weighted by atomic mass is 35.5. The van der Waals surface area contributed by atoms with Gasteiger partial charge in [0.25, 0.3) is 5.91 Å². The van der Waals surface area contributed by atoms with Gasteiger partial charge in [0, 0.05) is 37.3 Å². The van der Waals surface area contributed by atoms with Gasteiger partial charge in [-0.25, -0.2) is 14.4 Å². The van der Waals surface area contributed by atoms with Crippen molar-refractivity contribution in [1.82, 2.24) is 20.2 Å². The Kier molecular flexibility index (Phi) is 8.47. The molecular weight excluding hydrogens is 525 g/mol. The summed E-state index contributed by atoms with van der Waals surface area (Å²) < 4.78 is 56.0. The highest BCUT2D eigenvalue weighted by Gasteiger charge is 2.68. The molecule has 2 atom stereocenters. The summed E-state index contributed by atoms with van der Waals surface area (Å²) in [5.74, 6) is -3.86. The Morgan fingerprint density at radius 1 is 1.19 bits per heavy atom. The van der Waals surface area contributed by atoms with Gasteiger partial charge in [0.1, 0.15) is 5.82 Å². The molecule has 36 heavy (non-hydrogen) atoms. The number of hydrogen-bond donors (Lipinski definition) is 2. The minimum absolute atomic E-state index is 0.0502. The third kappa shape index (κ3) is 6.07. The van der Waals surface area contributed by atoms with Gasteiger partial charge in [0.15, 0.2) is 5.82 Å². The molecule has 2 aromatic rings. The summed E-state index contributed by atoms with van der Waals surface area (Å²) in [6.45, 7) is 0.0502.